The highest BCUT2D eigenvalue weighted by Gasteiger charge is 2.47. The number of hydrogen-bond acceptors (Lipinski definition) is 3. The minimum atomic E-state index is -1.50. The zero-order valence-corrected chi connectivity index (χ0v) is 11.8. The molecular formula is C16H15NO5. The molecule has 0 fully saturated rings. The second-order valence-electron chi connectivity index (χ2n) is 5.12. The van der Waals surface area contributed by atoms with Gasteiger partial charge in [0.05, 0.1) is 0 Å². The summed E-state index contributed by atoms with van der Waals surface area (Å²) >= 11 is 0. The quantitative estimate of drug-likeness (QED) is 0.775. The number of hydrogen-bond donors (Lipinski definition) is 3. The Kier molecular flexibility index (Phi) is 3.86. The molecule has 0 aliphatic heterocycles. The second kappa shape index (κ2) is 5.48. The fraction of sp³-hybridized carbons (Fsp3) is 0.188. The molecule has 1 amide bonds. The molecule has 0 heterocycles. The van der Waals surface area contributed by atoms with Crippen molar-refractivity contribution < 1.29 is 24.6 Å². The molecule has 6 nitrogen and oxygen atoms in total. The molecule has 2 atom stereocenters. The van der Waals surface area contributed by atoms with Crippen LogP contribution in [-0.2, 0) is 15.0 Å². The van der Waals surface area contributed by atoms with Gasteiger partial charge in [0.25, 0.3) is 0 Å². The number of nitrogens with two attached hydrogens (primary N) is 1. The average Bonchev–Trinajstić information content (AvgIpc) is 2.47. The fourth-order valence-corrected chi connectivity index (χ4v) is 2.73. The van der Waals surface area contributed by atoms with Gasteiger partial charge < -0.3 is 15.9 Å². The van der Waals surface area contributed by atoms with Crippen LogP contribution in [0.2, 0.25) is 0 Å². The van der Waals surface area contributed by atoms with Gasteiger partial charge in [-0.15, -0.1) is 0 Å². The number of rotatable bonds is 4. The highest BCUT2D eigenvalue weighted by atomic mass is 16.4. The molecule has 0 spiro atoms. The van der Waals surface area contributed by atoms with E-state index in [2.05, 4.69) is 0 Å². The van der Waals surface area contributed by atoms with E-state index in [1.807, 2.05) is 0 Å². The number of allylic oxidation sites excluding steroid dienone is 2. The Morgan fingerprint density at radius 3 is 2.18 bits per heavy atom. The van der Waals surface area contributed by atoms with Gasteiger partial charge in [0.15, 0.2) is 0 Å². The molecule has 2 unspecified atom stereocenters. The Bertz CT molecular complexity index is 702. The Labute approximate surface area is 126 Å². The van der Waals surface area contributed by atoms with Crippen molar-refractivity contribution in [3.8, 4) is 0 Å². The lowest BCUT2D eigenvalue weighted by atomic mass is 9.66. The van der Waals surface area contributed by atoms with Crippen molar-refractivity contribution in [2.24, 2.45) is 11.7 Å². The minimum absolute atomic E-state index is 0.0175. The first-order chi connectivity index (χ1) is 10.3. The van der Waals surface area contributed by atoms with Gasteiger partial charge in [0.2, 0.25) is 5.91 Å². The lowest BCUT2D eigenvalue weighted by Gasteiger charge is -2.35. The van der Waals surface area contributed by atoms with Gasteiger partial charge in [-0.05, 0) is 17.7 Å². The minimum Gasteiger partial charge on any atom is -0.480 e. The number of amides is 1. The Hall–Kier alpha value is -2.89. The number of carbonyl (C=O) groups is 3. The number of aliphatic carboxylic acids is 2. The van der Waals surface area contributed by atoms with Gasteiger partial charge in [-0.3, -0.25) is 9.59 Å². The zero-order valence-electron chi connectivity index (χ0n) is 11.8. The molecule has 4 N–H and O–H groups in total. The van der Waals surface area contributed by atoms with E-state index < -0.39 is 29.2 Å². The number of benzene rings is 1. The fourth-order valence-electron chi connectivity index (χ4n) is 2.73. The lowest BCUT2D eigenvalue weighted by Crippen LogP contribution is -2.43. The summed E-state index contributed by atoms with van der Waals surface area (Å²) < 4.78 is 0. The van der Waals surface area contributed by atoms with Crippen molar-refractivity contribution in [2.45, 2.75) is 12.3 Å². The van der Waals surface area contributed by atoms with Crippen LogP contribution < -0.4 is 5.73 Å². The molecule has 2 rings (SSSR count). The number of primary amides is 1. The highest BCUT2D eigenvalue weighted by Crippen LogP contribution is 2.41. The summed E-state index contributed by atoms with van der Waals surface area (Å²) in [7, 11) is 0. The highest BCUT2D eigenvalue weighted by molar-refractivity contribution is 5.95. The Morgan fingerprint density at radius 2 is 1.73 bits per heavy atom. The molecule has 1 aliphatic carbocycles. The van der Waals surface area contributed by atoms with E-state index >= 15 is 0 Å². The average molecular weight is 301 g/mol. The van der Waals surface area contributed by atoms with Gasteiger partial charge >= 0.3 is 11.9 Å². The molecule has 0 radical (unpaired) electrons. The van der Waals surface area contributed by atoms with Crippen molar-refractivity contribution in [2.75, 3.05) is 0 Å². The number of carboxylic acids is 2. The molecule has 0 saturated heterocycles. The maximum atomic E-state index is 11.9. The monoisotopic (exact) mass is 301 g/mol. The molecule has 6 heteroatoms. The summed E-state index contributed by atoms with van der Waals surface area (Å²) in [5.41, 5.74) is 4.33. The van der Waals surface area contributed by atoms with Crippen molar-refractivity contribution >= 4 is 17.8 Å². The van der Waals surface area contributed by atoms with Crippen molar-refractivity contribution in [3.05, 3.63) is 59.2 Å². The SMILES string of the molecule is CC1C(C(=O)O)=CC=CC1(C(=O)O)c1ccc(C(N)=O)cc1. The van der Waals surface area contributed by atoms with Crippen LogP contribution in [-0.4, -0.2) is 28.1 Å². The predicted molar refractivity (Wildman–Crippen MR) is 78.3 cm³/mol. The molecule has 1 aromatic carbocycles. The summed E-state index contributed by atoms with van der Waals surface area (Å²) in [5.74, 6) is -3.70. The van der Waals surface area contributed by atoms with Gasteiger partial charge in [-0.2, -0.15) is 0 Å². The molecule has 0 aromatic heterocycles. The summed E-state index contributed by atoms with van der Waals surface area (Å²) in [6.45, 7) is 1.56. The van der Waals surface area contributed by atoms with Crippen LogP contribution in [0.15, 0.2) is 48.1 Å². The van der Waals surface area contributed by atoms with Crippen molar-refractivity contribution in [3.63, 3.8) is 0 Å². The van der Waals surface area contributed by atoms with E-state index in [1.165, 1.54) is 42.5 Å². The van der Waals surface area contributed by atoms with Crippen LogP contribution in [0.5, 0.6) is 0 Å². The third-order valence-electron chi connectivity index (χ3n) is 4.03. The normalized spacial score (nSPS) is 23.7. The van der Waals surface area contributed by atoms with E-state index in [0.29, 0.717) is 5.56 Å². The van der Waals surface area contributed by atoms with Crippen LogP contribution in [0.3, 0.4) is 0 Å². The first-order valence-corrected chi connectivity index (χ1v) is 6.57. The van der Waals surface area contributed by atoms with Crippen LogP contribution in [0, 0.1) is 5.92 Å². The van der Waals surface area contributed by atoms with E-state index in [-0.39, 0.29) is 11.1 Å². The topological polar surface area (TPSA) is 118 Å². The molecule has 22 heavy (non-hydrogen) atoms. The van der Waals surface area contributed by atoms with E-state index in [0.717, 1.165) is 0 Å². The maximum Gasteiger partial charge on any atom is 0.331 e. The second-order valence-corrected chi connectivity index (χ2v) is 5.12. The molecule has 1 aliphatic rings. The number of carboxylic acid groups (broad SMARTS) is 2. The smallest absolute Gasteiger partial charge is 0.331 e. The largest absolute Gasteiger partial charge is 0.480 e. The molecule has 0 bridgehead atoms. The van der Waals surface area contributed by atoms with E-state index in [9.17, 15) is 24.6 Å². The predicted octanol–water partition coefficient (Wildman–Crippen LogP) is 1.32. The van der Waals surface area contributed by atoms with Gasteiger partial charge in [0, 0.05) is 17.1 Å². The Balaban J connectivity index is 2.57. The molecular weight excluding hydrogens is 286 g/mol. The third kappa shape index (κ3) is 2.28. The van der Waals surface area contributed by atoms with Crippen LogP contribution >= 0.6 is 0 Å². The van der Waals surface area contributed by atoms with Gasteiger partial charge in [-0.1, -0.05) is 37.3 Å². The summed E-state index contributed by atoms with van der Waals surface area (Å²) in [6.07, 6.45) is 4.29. The summed E-state index contributed by atoms with van der Waals surface area (Å²) in [4.78, 5) is 34.3. The number of carbonyl (C=O) groups excluding carboxylic acids is 1. The van der Waals surface area contributed by atoms with E-state index in [1.54, 1.807) is 6.92 Å². The van der Waals surface area contributed by atoms with Crippen LogP contribution in [0.4, 0.5) is 0 Å². The first kappa shape index (κ1) is 15.5. The van der Waals surface area contributed by atoms with Gasteiger partial charge in [0.1, 0.15) is 5.41 Å². The third-order valence-corrected chi connectivity index (χ3v) is 4.03. The molecule has 1 aromatic rings. The Morgan fingerprint density at radius 1 is 1.14 bits per heavy atom. The van der Waals surface area contributed by atoms with Crippen LogP contribution in [0.25, 0.3) is 0 Å². The van der Waals surface area contributed by atoms with Crippen molar-refractivity contribution in [1.29, 1.82) is 0 Å². The molecule has 114 valence electrons. The first-order valence-electron chi connectivity index (χ1n) is 6.57. The lowest BCUT2D eigenvalue weighted by molar-refractivity contribution is -0.143. The van der Waals surface area contributed by atoms with Crippen molar-refractivity contribution in [1.82, 2.24) is 0 Å². The standard InChI is InChI=1S/C16H15NO5/c1-9-12(14(19)20)3-2-8-16(9,15(21)22)11-6-4-10(5-7-11)13(17)18/h2-9H,1H3,(H2,17,18)(H,19,20)(H,21,22). The summed E-state index contributed by atoms with van der Waals surface area (Å²) in [6, 6.07) is 5.84. The van der Waals surface area contributed by atoms with Crippen LogP contribution in [0.1, 0.15) is 22.8 Å². The summed E-state index contributed by atoms with van der Waals surface area (Å²) in [5, 5.41) is 19.0. The maximum absolute atomic E-state index is 11.9. The van der Waals surface area contributed by atoms with E-state index in [4.69, 9.17) is 5.73 Å². The van der Waals surface area contributed by atoms with Gasteiger partial charge in [-0.25, -0.2) is 4.79 Å². The zero-order chi connectivity index (χ0) is 16.5. The molecule has 0 saturated carbocycles.